The van der Waals surface area contributed by atoms with Gasteiger partial charge in [0, 0.05) is 0 Å². The van der Waals surface area contributed by atoms with Gasteiger partial charge in [-0.25, -0.2) is 0 Å². The molecule has 0 aliphatic rings. The van der Waals surface area contributed by atoms with E-state index >= 15 is 0 Å². The van der Waals surface area contributed by atoms with Crippen LogP contribution in [-0.4, -0.2) is 0 Å². The lowest BCUT2D eigenvalue weighted by Crippen LogP contribution is -2.05. The standard InChI is InChI=1S/C13H26/c1-6-7-8-9-10-12(2)11-13(3,4)5/h2,6-11H2,1,3-5H3. The Morgan fingerprint density at radius 2 is 1.69 bits per heavy atom. The lowest BCUT2D eigenvalue weighted by atomic mass is 9.87. The van der Waals surface area contributed by atoms with Gasteiger partial charge in [-0.2, -0.15) is 0 Å². The van der Waals surface area contributed by atoms with E-state index in [0.717, 1.165) is 0 Å². The zero-order valence-electron chi connectivity index (χ0n) is 9.95. The van der Waals surface area contributed by atoms with Crippen molar-refractivity contribution in [2.24, 2.45) is 5.41 Å². The van der Waals surface area contributed by atoms with E-state index in [2.05, 4.69) is 34.3 Å². The average molecular weight is 182 g/mol. The maximum absolute atomic E-state index is 4.14. The highest BCUT2D eigenvalue weighted by molar-refractivity contribution is 4.97. The summed E-state index contributed by atoms with van der Waals surface area (Å²) in [5.74, 6) is 0. The minimum Gasteiger partial charge on any atom is -0.0998 e. The SMILES string of the molecule is C=C(CCCCCC)CC(C)(C)C. The summed E-state index contributed by atoms with van der Waals surface area (Å²) in [5.41, 5.74) is 1.85. The highest BCUT2D eigenvalue weighted by atomic mass is 14.2. The lowest BCUT2D eigenvalue weighted by Gasteiger charge is -2.19. The van der Waals surface area contributed by atoms with Crippen molar-refractivity contribution in [1.29, 1.82) is 0 Å². The molecule has 13 heavy (non-hydrogen) atoms. The smallest absolute Gasteiger partial charge is 0.0274 e. The molecule has 0 N–H and O–H groups in total. The quantitative estimate of drug-likeness (QED) is 0.403. The first-order chi connectivity index (χ1) is 5.95. The van der Waals surface area contributed by atoms with Crippen LogP contribution < -0.4 is 0 Å². The van der Waals surface area contributed by atoms with Crippen LogP contribution in [0.4, 0.5) is 0 Å². The Hall–Kier alpha value is -0.260. The van der Waals surface area contributed by atoms with Crippen molar-refractivity contribution in [3.8, 4) is 0 Å². The minimum atomic E-state index is 0.418. The second kappa shape index (κ2) is 6.23. The highest BCUT2D eigenvalue weighted by Crippen LogP contribution is 2.25. The Bertz CT molecular complexity index is 137. The molecule has 0 nitrogen and oxygen atoms in total. The van der Waals surface area contributed by atoms with Gasteiger partial charge in [0.2, 0.25) is 0 Å². The van der Waals surface area contributed by atoms with Gasteiger partial charge in [-0.05, 0) is 24.7 Å². The van der Waals surface area contributed by atoms with Crippen LogP contribution in [0.3, 0.4) is 0 Å². The monoisotopic (exact) mass is 182 g/mol. The van der Waals surface area contributed by atoms with Crippen molar-refractivity contribution in [3.63, 3.8) is 0 Å². The van der Waals surface area contributed by atoms with Crippen LogP contribution in [-0.2, 0) is 0 Å². The summed E-state index contributed by atoms with van der Waals surface area (Å²) in [4.78, 5) is 0. The fraction of sp³-hybridized carbons (Fsp3) is 0.846. The van der Waals surface area contributed by atoms with Crippen molar-refractivity contribution in [3.05, 3.63) is 12.2 Å². The van der Waals surface area contributed by atoms with Crippen molar-refractivity contribution in [2.45, 2.75) is 66.2 Å². The molecule has 0 heterocycles. The normalized spacial score (nSPS) is 11.7. The summed E-state index contributed by atoms with van der Waals surface area (Å²) in [6.07, 6.45) is 7.83. The molecule has 0 atom stereocenters. The Labute approximate surface area is 84.4 Å². The van der Waals surface area contributed by atoms with Crippen LogP contribution >= 0.6 is 0 Å². The third-order valence-electron chi connectivity index (χ3n) is 2.16. The van der Waals surface area contributed by atoms with Crippen LogP contribution in [0.2, 0.25) is 0 Å². The molecule has 0 aromatic carbocycles. The molecule has 0 saturated carbocycles. The van der Waals surface area contributed by atoms with Gasteiger partial charge < -0.3 is 0 Å². The zero-order chi connectivity index (χ0) is 10.3. The first kappa shape index (κ1) is 12.7. The Morgan fingerprint density at radius 1 is 1.08 bits per heavy atom. The van der Waals surface area contributed by atoms with Crippen molar-refractivity contribution in [2.75, 3.05) is 0 Å². The highest BCUT2D eigenvalue weighted by Gasteiger charge is 2.11. The molecule has 0 bridgehead atoms. The number of unbranched alkanes of at least 4 members (excludes halogenated alkanes) is 3. The van der Waals surface area contributed by atoms with E-state index < -0.39 is 0 Å². The molecule has 0 rings (SSSR count). The number of allylic oxidation sites excluding steroid dienone is 1. The molecule has 0 aliphatic heterocycles. The van der Waals surface area contributed by atoms with Crippen LogP contribution in [0.25, 0.3) is 0 Å². The first-order valence-corrected chi connectivity index (χ1v) is 5.62. The molecule has 0 unspecified atom stereocenters. The van der Waals surface area contributed by atoms with Crippen LogP contribution in [0.15, 0.2) is 12.2 Å². The molecule has 0 aromatic heterocycles. The second-order valence-corrected chi connectivity index (χ2v) is 5.30. The fourth-order valence-electron chi connectivity index (χ4n) is 1.64. The number of hydrogen-bond acceptors (Lipinski definition) is 0. The minimum absolute atomic E-state index is 0.418. The maximum Gasteiger partial charge on any atom is -0.0274 e. The topological polar surface area (TPSA) is 0 Å². The zero-order valence-corrected chi connectivity index (χ0v) is 9.95. The van der Waals surface area contributed by atoms with Gasteiger partial charge in [-0.3, -0.25) is 0 Å². The third-order valence-corrected chi connectivity index (χ3v) is 2.16. The Morgan fingerprint density at radius 3 is 2.15 bits per heavy atom. The van der Waals surface area contributed by atoms with E-state index in [-0.39, 0.29) is 0 Å². The van der Waals surface area contributed by atoms with Gasteiger partial charge in [0.15, 0.2) is 0 Å². The predicted molar refractivity (Wildman–Crippen MR) is 62.0 cm³/mol. The lowest BCUT2D eigenvalue weighted by molar-refractivity contribution is 0.403. The van der Waals surface area contributed by atoms with Crippen molar-refractivity contribution >= 4 is 0 Å². The van der Waals surface area contributed by atoms with Gasteiger partial charge >= 0.3 is 0 Å². The van der Waals surface area contributed by atoms with Gasteiger partial charge in [-0.15, -0.1) is 0 Å². The van der Waals surface area contributed by atoms with Crippen LogP contribution in [0.5, 0.6) is 0 Å². The molecule has 78 valence electrons. The van der Waals surface area contributed by atoms with Crippen LogP contribution in [0.1, 0.15) is 66.2 Å². The summed E-state index contributed by atoms with van der Waals surface area (Å²) >= 11 is 0. The molecule has 0 saturated heterocycles. The first-order valence-electron chi connectivity index (χ1n) is 5.62. The fourth-order valence-corrected chi connectivity index (χ4v) is 1.64. The molecule has 0 radical (unpaired) electrons. The summed E-state index contributed by atoms with van der Waals surface area (Å²) in [5, 5.41) is 0. The summed E-state index contributed by atoms with van der Waals surface area (Å²) < 4.78 is 0. The molecular weight excluding hydrogens is 156 g/mol. The second-order valence-electron chi connectivity index (χ2n) is 5.30. The Kier molecular flexibility index (Phi) is 6.11. The van der Waals surface area contributed by atoms with E-state index in [1.807, 2.05) is 0 Å². The molecule has 0 fully saturated rings. The average Bonchev–Trinajstić information content (AvgIpc) is 1.94. The van der Waals surface area contributed by atoms with Crippen molar-refractivity contribution < 1.29 is 0 Å². The maximum atomic E-state index is 4.14. The van der Waals surface area contributed by atoms with Crippen LogP contribution in [0, 0.1) is 5.41 Å². The number of rotatable bonds is 6. The molecule has 0 amide bonds. The Balaban J connectivity index is 3.41. The predicted octanol–water partition coefficient (Wildman–Crippen LogP) is 4.95. The van der Waals surface area contributed by atoms with Gasteiger partial charge in [-0.1, -0.05) is 59.1 Å². The summed E-state index contributed by atoms with van der Waals surface area (Å²) in [6.45, 7) is 13.2. The van der Waals surface area contributed by atoms with E-state index in [4.69, 9.17) is 0 Å². The third kappa shape index (κ3) is 9.66. The molecular formula is C13H26. The number of hydrogen-bond donors (Lipinski definition) is 0. The molecule has 0 spiro atoms. The molecule has 0 aromatic rings. The van der Waals surface area contributed by atoms with Gasteiger partial charge in [0.1, 0.15) is 0 Å². The van der Waals surface area contributed by atoms with Gasteiger partial charge in [0.25, 0.3) is 0 Å². The van der Waals surface area contributed by atoms with E-state index in [9.17, 15) is 0 Å². The van der Waals surface area contributed by atoms with E-state index in [1.165, 1.54) is 44.1 Å². The largest absolute Gasteiger partial charge is 0.0998 e. The molecule has 0 heteroatoms. The van der Waals surface area contributed by atoms with Crippen molar-refractivity contribution in [1.82, 2.24) is 0 Å². The van der Waals surface area contributed by atoms with E-state index in [0.29, 0.717) is 5.41 Å². The van der Waals surface area contributed by atoms with E-state index in [1.54, 1.807) is 0 Å². The van der Waals surface area contributed by atoms with Gasteiger partial charge in [0.05, 0.1) is 0 Å². The summed E-state index contributed by atoms with van der Waals surface area (Å²) in [6, 6.07) is 0. The summed E-state index contributed by atoms with van der Waals surface area (Å²) in [7, 11) is 0. The molecule has 0 aliphatic carbocycles.